The Morgan fingerprint density at radius 1 is 1.18 bits per heavy atom. The molecule has 0 bridgehead atoms. The number of Topliss-reactive ketones (excluding diaryl/α,β-unsaturated/α-hetero) is 2. The van der Waals surface area contributed by atoms with Crippen molar-refractivity contribution in [3.8, 4) is 5.75 Å². The highest BCUT2D eigenvalue weighted by molar-refractivity contribution is 7.90. The first-order valence-corrected chi connectivity index (χ1v) is 14.2. The summed E-state index contributed by atoms with van der Waals surface area (Å²) in [6.07, 6.45) is 3.86. The van der Waals surface area contributed by atoms with E-state index in [9.17, 15) is 32.3 Å². The molecule has 0 aliphatic heterocycles. The van der Waals surface area contributed by atoms with Gasteiger partial charge in [-0.2, -0.15) is 0 Å². The number of fused-ring (bicyclic) bond motifs is 1. The molecule has 4 rings (SSSR count). The van der Waals surface area contributed by atoms with Crippen molar-refractivity contribution >= 4 is 37.7 Å². The molecule has 3 aromatic heterocycles. The molecule has 0 saturated carbocycles. The number of halogens is 1. The van der Waals surface area contributed by atoms with Crippen molar-refractivity contribution in [2.75, 3.05) is 6.26 Å². The Morgan fingerprint density at radius 3 is 2.55 bits per heavy atom. The molecule has 4 aromatic rings. The SMILES string of the molecule is Cn1c(C(C)(C)CC(=O)c2cn3ccsc3n2)nc(C(=O)CCc2ccc(F)cc2S(C)(=O)=O)c(O)c1=O. The summed E-state index contributed by atoms with van der Waals surface area (Å²) >= 11 is 1.38. The van der Waals surface area contributed by atoms with Crippen LogP contribution in [0.15, 0.2) is 45.7 Å². The van der Waals surface area contributed by atoms with Crippen LogP contribution in [-0.2, 0) is 28.7 Å². The number of hydrogen-bond donors (Lipinski definition) is 1. The van der Waals surface area contributed by atoms with Crippen LogP contribution in [0.4, 0.5) is 4.39 Å². The summed E-state index contributed by atoms with van der Waals surface area (Å²) in [4.78, 5) is 47.9. The van der Waals surface area contributed by atoms with Crippen LogP contribution >= 0.6 is 11.3 Å². The predicted molar refractivity (Wildman–Crippen MR) is 138 cm³/mol. The van der Waals surface area contributed by atoms with Crippen molar-refractivity contribution < 1.29 is 27.5 Å². The molecule has 1 aromatic carbocycles. The number of imidazole rings is 1. The summed E-state index contributed by atoms with van der Waals surface area (Å²) in [5.74, 6) is -2.47. The van der Waals surface area contributed by atoms with E-state index in [0.29, 0.717) is 4.96 Å². The van der Waals surface area contributed by atoms with Gasteiger partial charge in [0.05, 0.1) is 4.90 Å². The second-order valence-electron chi connectivity index (χ2n) is 9.65. The lowest BCUT2D eigenvalue weighted by atomic mass is 9.85. The number of sulfone groups is 1. The van der Waals surface area contributed by atoms with E-state index in [1.54, 1.807) is 30.6 Å². The van der Waals surface area contributed by atoms with E-state index in [-0.39, 0.29) is 47.0 Å². The number of carbonyl (C=O) groups is 2. The minimum atomic E-state index is -3.76. The largest absolute Gasteiger partial charge is 0.501 e. The van der Waals surface area contributed by atoms with Gasteiger partial charge in [-0.1, -0.05) is 19.9 Å². The minimum absolute atomic E-state index is 0.0795. The highest BCUT2D eigenvalue weighted by atomic mass is 32.2. The van der Waals surface area contributed by atoms with Gasteiger partial charge in [-0.05, 0) is 24.1 Å². The number of hydrogen-bond acceptors (Lipinski definition) is 9. The first kappa shape index (κ1) is 27.3. The smallest absolute Gasteiger partial charge is 0.296 e. The normalized spacial score (nSPS) is 12.2. The van der Waals surface area contributed by atoms with Crippen molar-refractivity contribution in [2.45, 2.75) is 43.4 Å². The van der Waals surface area contributed by atoms with Gasteiger partial charge in [-0.3, -0.25) is 23.4 Å². The fourth-order valence-electron chi connectivity index (χ4n) is 4.27. The number of aryl methyl sites for hydroxylation is 1. The molecule has 10 nitrogen and oxygen atoms in total. The zero-order chi connectivity index (χ0) is 28.0. The van der Waals surface area contributed by atoms with Crippen molar-refractivity contribution in [3.63, 3.8) is 0 Å². The Labute approximate surface area is 221 Å². The average Bonchev–Trinajstić information content (AvgIpc) is 3.43. The first-order chi connectivity index (χ1) is 17.7. The lowest BCUT2D eigenvalue weighted by molar-refractivity contribution is 0.0950. The van der Waals surface area contributed by atoms with Gasteiger partial charge in [0.25, 0.3) is 5.56 Å². The number of benzene rings is 1. The first-order valence-electron chi connectivity index (χ1n) is 11.5. The Kier molecular flexibility index (Phi) is 7.10. The lowest BCUT2D eigenvalue weighted by Crippen LogP contribution is -2.34. The molecular weight excluding hydrogens is 535 g/mol. The number of nitrogens with zero attached hydrogens (tertiary/aromatic N) is 4. The van der Waals surface area contributed by atoms with Gasteiger partial charge in [0, 0.05) is 49.3 Å². The lowest BCUT2D eigenvalue weighted by Gasteiger charge is -2.25. The summed E-state index contributed by atoms with van der Waals surface area (Å²) in [6.45, 7) is 3.38. The molecule has 3 heterocycles. The van der Waals surface area contributed by atoms with Crippen LogP contribution in [0.1, 0.15) is 59.1 Å². The molecule has 13 heteroatoms. The van der Waals surface area contributed by atoms with Crippen LogP contribution in [-0.4, -0.2) is 50.3 Å². The molecule has 1 N–H and O–H groups in total. The second-order valence-corrected chi connectivity index (χ2v) is 12.5. The van der Waals surface area contributed by atoms with E-state index < -0.39 is 43.9 Å². The summed E-state index contributed by atoms with van der Waals surface area (Å²) in [7, 11) is -2.38. The predicted octanol–water partition coefficient (Wildman–Crippen LogP) is 3.10. The number of carbonyl (C=O) groups excluding carboxylic acids is 2. The maximum Gasteiger partial charge on any atom is 0.296 e. The monoisotopic (exact) mass is 560 g/mol. The number of ketones is 2. The molecule has 0 spiro atoms. The maximum absolute atomic E-state index is 13.6. The summed E-state index contributed by atoms with van der Waals surface area (Å²) in [6, 6.07) is 3.24. The standard InChI is InChI=1S/C25H25FN4O6S2/c1-25(2,12-18(32)16-13-30-9-10-37-24(30)27-16)23-28-20(21(33)22(34)29(23)3)17(31)8-6-14-5-7-15(26)11-19(14)38(4,35)36/h5,7,9-11,13,33H,6,8,12H2,1-4H3. The highest BCUT2D eigenvalue weighted by Gasteiger charge is 2.33. The van der Waals surface area contributed by atoms with E-state index >= 15 is 0 Å². The van der Waals surface area contributed by atoms with Gasteiger partial charge in [0.1, 0.15) is 17.3 Å². The van der Waals surface area contributed by atoms with Gasteiger partial charge in [0.15, 0.2) is 32.1 Å². The summed E-state index contributed by atoms with van der Waals surface area (Å²) in [5, 5.41) is 12.3. The van der Waals surface area contributed by atoms with Gasteiger partial charge >= 0.3 is 0 Å². The van der Waals surface area contributed by atoms with E-state index in [4.69, 9.17) is 0 Å². The van der Waals surface area contributed by atoms with Crippen LogP contribution in [0.25, 0.3) is 4.96 Å². The van der Waals surface area contributed by atoms with Crippen LogP contribution < -0.4 is 5.56 Å². The van der Waals surface area contributed by atoms with Gasteiger partial charge in [-0.15, -0.1) is 11.3 Å². The summed E-state index contributed by atoms with van der Waals surface area (Å²) < 4.78 is 40.6. The maximum atomic E-state index is 13.6. The van der Waals surface area contributed by atoms with Crippen molar-refractivity contribution in [1.82, 2.24) is 18.9 Å². The van der Waals surface area contributed by atoms with Crippen LogP contribution in [0.2, 0.25) is 0 Å². The van der Waals surface area contributed by atoms with Crippen molar-refractivity contribution in [3.05, 3.63) is 74.9 Å². The summed E-state index contributed by atoms with van der Waals surface area (Å²) in [5.41, 5.74) is -1.89. The van der Waals surface area contributed by atoms with Crippen molar-refractivity contribution in [2.24, 2.45) is 7.05 Å². The molecule has 0 atom stereocenters. The Balaban J connectivity index is 1.62. The van der Waals surface area contributed by atoms with E-state index in [2.05, 4.69) is 9.97 Å². The molecule has 0 radical (unpaired) electrons. The van der Waals surface area contributed by atoms with Gasteiger partial charge < -0.3 is 5.11 Å². The molecule has 0 aliphatic rings. The topological polar surface area (TPSA) is 141 Å². The molecule has 0 unspecified atom stereocenters. The highest BCUT2D eigenvalue weighted by Crippen LogP contribution is 2.29. The van der Waals surface area contributed by atoms with E-state index in [1.807, 2.05) is 5.38 Å². The molecular formula is C25H25FN4O6S2. The fourth-order valence-corrected chi connectivity index (χ4v) is 5.94. The fraction of sp³-hybridized carbons (Fsp3) is 0.320. The number of rotatable bonds is 9. The second kappa shape index (κ2) is 9.87. The van der Waals surface area contributed by atoms with Crippen LogP contribution in [0.3, 0.4) is 0 Å². The third kappa shape index (κ3) is 5.29. The van der Waals surface area contributed by atoms with Crippen LogP contribution in [0, 0.1) is 5.82 Å². The zero-order valence-electron chi connectivity index (χ0n) is 21.1. The molecule has 200 valence electrons. The Bertz CT molecular complexity index is 1720. The van der Waals surface area contributed by atoms with E-state index in [0.717, 1.165) is 23.0 Å². The molecule has 0 fully saturated rings. The quantitative estimate of drug-likeness (QED) is 0.308. The third-order valence-electron chi connectivity index (χ3n) is 6.17. The zero-order valence-corrected chi connectivity index (χ0v) is 22.7. The molecule has 0 aliphatic carbocycles. The number of aromatic nitrogens is 4. The van der Waals surface area contributed by atoms with Crippen LogP contribution in [0.5, 0.6) is 5.75 Å². The number of thiazole rings is 1. The Morgan fingerprint density at radius 2 is 1.89 bits per heavy atom. The minimum Gasteiger partial charge on any atom is -0.501 e. The Hall–Kier alpha value is -3.71. The number of aromatic hydroxyl groups is 1. The van der Waals surface area contributed by atoms with Crippen molar-refractivity contribution in [1.29, 1.82) is 0 Å². The molecule has 0 amide bonds. The molecule has 0 saturated heterocycles. The average molecular weight is 561 g/mol. The van der Waals surface area contributed by atoms with Gasteiger partial charge in [-0.25, -0.2) is 22.8 Å². The van der Waals surface area contributed by atoms with Gasteiger partial charge in [0.2, 0.25) is 5.75 Å². The third-order valence-corrected chi connectivity index (χ3v) is 8.12. The van der Waals surface area contributed by atoms with E-state index in [1.165, 1.54) is 24.5 Å². The molecule has 38 heavy (non-hydrogen) atoms.